The molecule has 1 aliphatic heterocycles. The van der Waals surface area contributed by atoms with Gasteiger partial charge in [0.1, 0.15) is 18.3 Å². The summed E-state index contributed by atoms with van der Waals surface area (Å²) in [5.74, 6) is 1.39. The smallest absolute Gasteiger partial charge is 0.220 e. The van der Waals surface area contributed by atoms with Crippen molar-refractivity contribution < 1.29 is 9.47 Å². The maximum atomic E-state index is 9.88. The van der Waals surface area contributed by atoms with Crippen molar-refractivity contribution in [2.24, 2.45) is 21.5 Å². The number of aliphatic imine (C=N–C) groups is 2. The monoisotopic (exact) mass is 418 g/mol. The first-order valence-electron chi connectivity index (χ1n) is 10.3. The topological polar surface area (TPSA) is 122 Å². The average molecular weight is 419 g/mol. The van der Waals surface area contributed by atoms with Gasteiger partial charge in [0, 0.05) is 12.1 Å². The van der Waals surface area contributed by atoms with Crippen molar-refractivity contribution in [1.82, 2.24) is 0 Å². The molecule has 0 unspecified atom stereocenters. The van der Waals surface area contributed by atoms with Gasteiger partial charge in [-0.15, -0.1) is 0 Å². The molecule has 160 valence electrons. The summed E-state index contributed by atoms with van der Waals surface area (Å²) < 4.78 is 11.6. The molecule has 1 saturated carbocycles. The van der Waals surface area contributed by atoms with E-state index in [2.05, 4.69) is 11.1 Å². The number of hydrogen-bond acceptors (Lipinski definition) is 8. The van der Waals surface area contributed by atoms with Gasteiger partial charge < -0.3 is 20.9 Å². The van der Waals surface area contributed by atoms with Gasteiger partial charge in [-0.3, -0.25) is 4.90 Å². The summed E-state index contributed by atoms with van der Waals surface area (Å²) in [6, 6.07) is 15.6. The molecule has 0 atom stereocenters. The van der Waals surface area contributed by atoms with E-state index in [1.165, 1.54) is 0 Å². The Labute approximate surface area is 181 Å². The Morgan fingerprint density at radius 2 is 1.84 bits per heavy atom. The van der Waals surface area contributed by atoms with Crippen LogP contribution < -0.4 is 25.8 Å². The Morgan fingerprint density at radius 1 is 1.10 bits per heavy atom. The molecule has 4 N–H and O–H groups in total. The molecule has 0 radical (unpaired) electrons. The van der Waals surface area contributed by atoms with Crippen molar-refractivity contribution >= 4 is 17.6 Å². The molecule has 8 nitrogen and oxygen atoms in total. The molecule has 0 amide bonds. The van der Waals surface area contributed by atoms with Crippen LogP contribution in [-0.2, 0) is 6.61 Å². The molecule has 1 aliphatic carbocycles. The Hall–Kier alpha value is -3.73. The number of ether oxygens (including phenoxy) is 2. The molecule has 2 aliphatic rings. The molecule has 1 fully saturated rings. The van der Waals surface area contributed by atoms with Crippen molar-refractivity contribution in [3.63, 3.8) is 0 Å². The Bertz CT molecular complexity index is 1050. The van der Waals surface area contributed by atoms with Crippen LogP contribution in [0.1, 0.15) is 43.2 Å². The number of anilines is 1. The highest BCUT2D eigenvalue weighted by Gasteiger charge is 2.43. The predicted octanol–water partition coefficient (Wildman–Crippen LogP) is 3.26. The third-order valence-corrected chi connectivity index (χ3v) is 5.73. The zero-order valence-corrected chi connectivity index (χ0v) is 17.5. The van der Waals surface area contributed by atoms with E-state index < -0.39 is 5.66 Å². The molecule has 2 aromatic rings. The molecule has 2 aromatic carbocycles. The molecular formula is C23H26N6O2. The minimum atomic E-state index is -0.648. The lowest BCUT2D eigenvalue weighted by molar-refractivity contribution is 0.283. The van der Waals surface area contributed by atoms with E-state index in [4.69, 9.17) is 25.9 Å². The quantitative estimate of drug-likeness (QED) is 0.768. The van der Waals surface area contributed by atoms with Crippen LogP contribution in [0.3, 0.4) is 0 Å². The van der Waals surface area contributed by atoms with E-state index in [0.717, 1.165) is 37.7 Å². The highest BCUT2D eigenvalue weighted by Crippen LogP contribution is 2.43. The number of nitrogens with two attached hydrogens (primary N) is 2. The van der Waals surface area contributed by atoms with Crippen LogP contribution in [0.5, 0.6) is 11.5 Å². The second kappa shape index (κ2) is 8.56. The zero-order valence-electron chi connectivity index (χ0n) is 17.5. The third kappa shape index (κ3) is 3.99. The second-order valence-electron chi connectivity index (χ2n) is 7.72. The van der Waals surface area contributed by atoms with E-state index >= 15 is 0 Å². The normalized spacial score (nSPS) is 17.5. The number of rotatable bonds is 5. The van der Waals surface area contributed by atoms with Crippen molar-refractivity contribution in [2.45, 2.75) is 44.4 Å². The first-order valence-corrected chi connectivity index (χ1v) is 10.3. The second-order valence-corrected chi connectivity index (χ2v) is 7.72. The maximum absolute atomic E-state index is 9.88. The van der Waals surface area contributed by atoms with E-state index in [9.17, 15) is 5.26 Å². The van der Waals surface area contributed by atoms with E-state index in [1.807, 2.05) is 35.2 Å². The van der Waals surface area contributed by atoms with Crippen LogP contribution >= 0.6 is 0 Å². The SMILES string of the molecule is COc1cc(C#N)c(N2C(N)=NC(N)=NC23CCCCC3)cc1OCc1ccccc1. The van der Waals surface area contributed by atoms with Crippen LogP contribution in [0.25, 0.3) is 0 Å². The van der Waals surface area contributed by atoms with Crippen molar-refractivity contribution in [3.05, 3.63) is 53.6 Å². The third-order valence-electron chi connectivity index (χ3n) is 5.73. The van der Waals surface area contributed by atoms with Gasteiger partial charge in [0.25, 0.3) is 0 Å². The fourth-order valence-electron chi connectivity index (χ4n) is 4.30. The maximum Gasteiger partial charge on any atom is 0.220 e. The van der Waals surface area contributed by atoms with Crippen molar-refractivity contribution in [3.8, 4) is 17.6 Å². The number of nitrogens with zero attached hydrogens (tertiary/aromatic N) is 4. The van der Waals surface area contributed by atoms with Crippen LogP contribution in [-0.4, -0.2) is 24.7 Å². The van der Waals surface area contributed by atoms with E-state index in [-0.39, 0.29) is 11.9 Å². The van der Waals surface area contributed by atoms with Crippen molar-refractivity contribution in [1.29, 1.82) is 5.26 Å². The lowest BCUT2D eigenvalue weighted by Crippen LogP contribution is -2.58. The molecule has 0 saturated heterocycles. The van der Waals surface area contributed by atoms with Crippen LogP contribution in [0.15, 0.2) is 52.4 Å². The Balaban J connectivity index is 1.77. The highest BCUT2D eigenvalue weighted by molar-refractivity contribution is 6.06. The largest absolute Gasteiger partial charge is 0.493 e. The minimum absolute atomic E-state index is 0.170. The fraction of sp³-hybridized carbons (Fsp3) is 0.348. The molecule has 0 bridgehead atoms. The van der Waals surface area contributed by atoms with Crippen LogP contribution in [0, 0.1) is 11.3 Å². The highest BCUT2D eigenvalue weighted by atomic mass is 16.5. The standard InChI is InChI=1S/C23H26N6O2/c1-30-19-12-17(14-24)18(13-20(19)31-15-16-8-4-2-5-9-16)29-22(26)27-21(25)28-23(29)10-6-3-7-11-23/h2,4-5,8-9,12-13H,3,6-7,10-11,15H2,1H3,(H4,25,26,27,28). The fourth-order valence-corrected chi connectivity index (χ4v) is 4.30. The number of benzene rings is 2. The summed E-state index contributed by atoms with van der Waals surface area (Å²) in [4.78, 5) is 10.7. The predicted molar refractivity (Wildman–Crippen MR) is 120 cm³/mol. The van der Waals surface area contributed by atoms with Gasteiger partial charge in [-0.05, 0) is 31.2 Å². The lowest BCUT2D eigenvalue weighted by Gasteiger charge is -2.45. The van der Waals surface area contributed by atoms with E-state index in [0.29, 0.717) is 29.4 Å². The van der Waals surface area contributed by atoms with Crippen molar-refractivity contribution in [2.75, 3.05) is 12.0 Å². The molecule has 1 spiro atoms. The Kier molecular flexibility index (Phi) is 5.67. The summed E-state index contributed by atoms with van der Waals surface area (Å²) in [5.41, 5.74) is 13.7. The van der Waals surface area contributed by atoms with Gasteiger partial charge in [-0.1, -0.05) is 36.8 Å². The molecule has 8 heteroatoms. The number of methoxy groups -OCH3 is 1. The summed E-state index contributed by atoms with van der Waals surface area (Å²) in [7, 11) is 1.55. The van der Waals surface area contributed by atoms with Crippen LogP contribution in [0.2, 0.25) is 0 Å². The average Bonchev–Trinajstić information content (AvgIpc) is 2.78. The van der Waals surface area contributed by atoms with Gasteiger partial charge in [0.2, 0.25) is 11.9 Å². The number of guanidine groups is 2. The first kappa shape index (κ1) is 20.5. The van der Waals surface area contributed by atoms with Gasteiger partial charge in [0.15, 0.2) is 11.5 Å². The zero-order chi connectivity index (χ0) is 21.8. The number of nitriles is 1. The lowest BCUT2D eigenvalue weighted by atomic mass is 9.87. The summed E-state index contributed by atoms with van der Waals surface area (Å²) in [6.07, 6.45) is 4.68. The van der Waals surface area contributed by atoms with Gasteiger partial charge in [0.05, 0.1) is 18.4 Å². The molecule has 31 heavy (non-hydrogen) atoms. The van der Waals surface area contributed by atoms with E-state index in [1.54, 1.807) is 19.2 Å². The molecule has 0 aromatic heterocycles. The number of hydrogen-bond donors (Lipinski definition) is 2. The molecular weight excluding hydrogens is 392 g/mol. The Morgan fingerprint density at radius 3 is 2.52 bits per heavy atom. The summed E-state index contributed by atoms with van der Waals surface area (Å²) in [5, 5.41) is 9.88. The molecule has 1 heterocycles. The van der Waals surface area contributed by atoms with Gasteiger partial charge >= 0.3 is 0 Å². The molecule has 4 rings (SSSR count). The first-order chi connectivity index (χ1) is 15.1. The van der Waals surface area contributed by atoms with Gasteiger partial charge in [-0.25, -0.2) is 4.99 Å². The summed E-state index contributed by atoms with van der Waals surface area (Å²) >= 11 is 0. The minimum Gasteiger partial charge on any atom is -0.493 e. The van der Waals surface area contributed by atoms with Gasteiger partial charge in [-0.2, -0.15) is 10.3 Å². The summed E-state index contributed by atoms with van der Waals surface area (Å²) in [6.45, 7) is 0.363. The van der Waals surface area contributed by atoms with Crippen LogP contribution in [0.4, 0.5) is 5.69 Å².